The summed E-state index contributed by atoms with van der Waals surface area (Å²) in [5, 5.41) is 2.90. The van der Waals surface area contributed by atoms with Crippen LogP contribution in [-0.4, -0.2) is 32.3 Å². The second-order valence-corrected chi connectivity index (χ2v) is 4.72. The zero-order chi connectivity index (χ0) is 14.6. The minimum atomic E-state index is -0.102. The molecule has 112 valence electrons. The van der Waals surface area contributed by atoms with E-state index in [1.165, 1.54) is 0 Å². The van der Waals surface area contributed by atoms with Crippen LogP contribution in [0.4, 0.5) is 0 Å². The molecule has 20 heavy (non-hydrogen) atoms. The molecule has 0 spiro atoms. The molecule has 1 N–H and O–H groups in total. The average molecular weight is 279 g/mol. The Morgan fingerprint density at radius 1 is 1.15 bits per heavy atom. The monoisotopic (exact) mass is 279 g/mol. The first-order valence-corrected chi connectivity index (χ1v) is 7.23. The maximum atomic E-state index is 11.7. The fourth-order valence-corrected chi connectivity index (χ4v) is 1.74. The van der Waals surface area contributed by atoms with Gasteiger partial charge in [0.2, 0.25) is 5.91 Å². The minimum absolute atomic E-state index is 0.00638. The molecule has 0 saturated heterocycles. The molecule has 4 nitrogen and oxygen atoms in total. The van der Waals surface area contributed by atoms with Crippen molar-refractivity contribution < 1.29 is 14.3 Å². The molecule has 0 aliphatic carbocycles. The number of ether oxygens (including phenoxy) is 2. The predicted octanol–water partition coefficient (Wildman–Crippen LogP) is 2.70. The molecule has 4 heteroatoms. The molecule has 0 aliphatic heterocycles. The van der Waals surface area contributed by atoms with Gasteiger partial charge in [0.1, 0.15) is 6.61 Å². The summed E-state index contributed by atoms with van der Waals surface area (Å²) >= 11 is 0. The summed E-state index contributed by atoms with van der Waals surface area (Å²) in [4.78, 5) is 11.7. The van der Waals surface area contributed by atoms with Gasteiger partial charge < -0.3 is 14.8 Å². The highest BCUT2D eigenvalue weighted by molar-refractivity contribution is 5.77. The highest BCUT2D eigenvalue weighted by atomic mass is 16.5. The largest absolute Gasteiger partial charge is 0.379 e. The van der Waals surface area contributed by atoms with Crippen molar-refractivity contribution in [1.82, 2.24) is 5.32 Å². The van der Waals surface area contributed by atoms with E-state index in [9.17, 15) is 4.79 Å². The Kier molecular flexibility index (Phi) is 8.67. The Balaban J connectivity index is 2.08. The topological polar surface area (TPSA) is 47.6 Å². The number of carbonyl (C=O) groups is 1. The predicted molar refractivity (Wildman–Crippen MR) is 79.5 cm³/mol. The lowest BCUT2D eigenvalue weighted by Crippen LogP contribution is -2.30. The van der Waals surface area contributed by atoms with Crippen molar-refractivity contribution in [2.45, 2.75) is 32.7 Å². The summed E-state index contributed by atoms with van der Waals surface area (Å²) in [6, 6.07) is 9.86. The molecule has 1 aromatic carbocycles. The van der Waals surface area contributed by atoms with Gasteiger partial charge in [-0.05, 0) is 18.9 Å². The number of carbonyl (C=O) groups excluding carboxylic acids is 1. The molecule has 0 fully saturated rings. The summed E-state index contributed by atoms with van der Waals surface area (Å²) in [5.74, 6) is -0.102. The average Bonchev–Trinajstić information content (AvgIpc) is 2.47. The van der Waals surface area contributed by atoms with Crippen molar-refractivity contribution in [2.24, 2.45) is 0 Å². The molecule has 0 radical (unpaired) electrons. The van der Waals surface area contributed by atoms with Gasteiger partial charge in [-0.1, -0.05) is 43.7 Å². The van der Waals surface area contributed by atoms with Crippen LogP contribution < -0.4 is 5.32 Å². The molecule has 0 unspecified atom stereocenters. The number of unbranched alkanes of at least 4 members (excludes halogenated alkanes) is 1. The number of benzene rings is 1. The van der Waals surface area contributed by atoms with E-state index in [2.05, 4.69) is 12.2 Å². The smallest absolute Gasteiger partial charge is 0.246 e. The Morgan fingerprint density at radius 3 is 2.55 bits per heavy atom. The van der Waals surface area contributed by atoms with Crippen molar-refractivity contribution in [2.75, 3.05) is 26.4 Å². The van der Waals surface area contributed by atoms with Gasteiger partial charge in [-0.25, -0.2) is 0 Å². The summed E-state index contributed by atoms with van der Waals surface area (Å²) in [7, 11) is 0. The van der Waals surface area contributed by atoms with E-state index in [1.54, 1.807) is 0 Å². The van der Waals surface area contributed by atoms with Crippen LogP contribution in [0.3, 0.4) is 0 Å². The highest BCUT2D eigenvalue weighted by Gasteiger charge is 2.08. The zero-order valence-electron chi connectivity index (χ0n) is 12.4. The second kappa shape index (κ2) is 10.4. The normalized spacial score (nSPS) is 12.1. The van der Waals surface area contributed by atoms with Crippen LogP contribution in [-0.2, 0) is 14.3 Å². The van der Waals surface area contributed by atoms with Gasteiger partial charge in [0.25, 0.3) is 0 Å². The molecule has 1 aromatic rings. The maximum absolute atomic E-state index is 11.7. The minimum Gasteiger partial charge on any atom is -0.379 e. The number of hydrogen-bond donors (Lipinski definition) is 1. The SMILES string of the molecule is CCCCOCCOCC(=O)N[C@@H](C)c1ccccc1. The Hall–Kier alpha value is -1.39. The van der Waals surface area contributed by atoms with Gasteiger partial charge >= 0.3 is 0 Å². The summed E-state index contributed by atoms with van der Waals surface area (Å²) < 4.78 is 10.6. The van der Waals surface area contributed by atoms with Crippen LogP contribution in [0.2, 0.25) is 0 Å². The molecule has 0 bridgehead atoms. The fourth-order valence-electron chi connectivity index (χ4n) is 1.74. The van der Waals surface area contributed by atoms with E-state index in [4.69, 9.17) is 9.47 Å². The van der Waals surface area contributed by atoms with E-state index in [0.717, 1.165) is 25.0 Å². The van der Waals surface area contributed by atoms with Crippen LogP contribution in [0.25, 0.3) is 0 Å². The van der Waals surface area contributed by atoms with Gasteiger partial charge in [-0.3, -0.25) is 4.79 Å². The number of amides is 1. The third-order valence-corrected chi connectivity index (χ3v) is 2.92. The van der Waals surface area contributed by atoms with Crippen LogP contribution in [0, 0.1) is 0 Å². The molecular weight excluding hydrogens is 254 g/mol. The first kappa shape index (κ1) is 16.7. The fraction of sp³-hybridized carbons (Fsp3) is 0.562. The van der Waals surface area contributed by atoms with E-state index in [1.807, 2.05) is 37.3 Å². The molecule has 1 amide bonds. The van der Waals surface area contributed by atoms with E-state index >= 15 is 0 Å². The highest BCUT2D eigenvalue weighted by Crippen LogP contribution is 2.10. The summed E-state index contributed by atoms with van der Waals surface area (Å²) in [6.07, 6.45) is 2.19. The Morgan fingerprint density at radius 2 is 1.85 bits per heavy atom. The summed E-state index contributed by atoms with van der Waals surface area (Å²) in [6.45, 7) is 5.92. The van der Waals surface area contributed by atoms with Crippen LogP contribution >= 0.6 is 0 Å². The number of rotatable bonds is 10. The molecule has 0 heterocycles. The lowest BCUT2D eigenvalue weighted by molar-refractivity contribution is -0.126. The van der Waals surface area contributed by atoms with Crippen LogP contribution in [0.15, 0.2) is 30.3 Å². The van der Waals surface area contributed by atoms with Gasteiger partial charge in [0, 0.05) is 6.61 Å². The second-order valence-electron chi connectivity index (χ2n) is 4.72. The standard InChI is InChI=1S/C16H25NO3/c1-3-4-10-19-11-12-20-13-16(18)17-14(2)15-8-6-5-7-9-15/h5-9,14H,3-4,10-13H2,1-2H3,(H,17,18)/t14-/m0/s1. The van der Waals surface area contributed by atoms with Gasteiger partial charge in [0.15, 0.2) is 0 Å². The molecule has 0 aliphatic rings. The Bertz CT molecular complexity index is 367. The number of hydrogen-bond acceptors (Lipinski definition) is 3. The Labute approximate surface area is 121 Å². The first-order chi connectivity index (χ1) is 9.74. The molecular formula is C16H25NO3. The van der Waals surface area contributed by atoms with Gasteiger partial charge in [0.05, 0.1) is 19.3 Å². The third-order valence-electron chi connectivity index (χ3n) is 2.92. The van der Waals surface area contributed by atoms with E-state index in [0.29, 0.717) is 13.2 Å². The quantitative estimate of drug-likeness (QED) is 0.670. The van der Waals surface area contributed by atoms with Gasteiger partial charge in [-0.2, -0.15) is 0 Å². The first-order valence-electron chi connectivity index (χ1n) is 7.23. The molecule has 1 atom stereocenters. The molecule has 1 rings (SSSR count). The van der Waals surface area contributed by atoms with E-state index in [-0.39, 0.29) is 18.6 Å². The zero-order valence-corrected chi connectivity index (χ0v) is 12.4. The molecule has 0 aromatic heterocycles. The lowest BCUT2D eigenvalue weighted by atomic mass is 10.1. The molecule has 0 saturated carbocycles. The van der Waals surface area contributed by atoms with Crippen molar-refractivity contribution in [3.63, 3.8) is 0 Å². The lowest BCUT2D eigenvalue weighted by Gasteiger charge is -2.14. The van der Waals surface area contributed by atoms with Crippen LogP contribution in [0.1, 0.15) is 38.3 Å². The van der Waals surface area contributed by atoms with Crippen molar-refractivity contribution >= 4 is 5.91 Å². The van der Waals surface area contributed by atoms with Crippen molar-refractivity contribution in [1.29, 1.82) is 0 Å². The van der Waals surface area contributed by atoms with Crippen molar-refractivity contribution in [3.05, 3.63) is 35.9 Å². The van der Waals surface area contributed by atoms with E-state index < -0.39 is 0 Å². The van der Waals surface area contributed by atoms with Crippen molar-refractivity contribution in [3.8, 4) is 0 Å². The van der Waals surface area contributed by atoms with Gasteiger partial charge in [-0.15, -0.1) is 0 Å². The third kappa shape index (κ3) is 7.26. The maximum Gasteiger partial charge on any atom is 0.246 e. The number of nitrogens with one attached hydrogen (secondary N) is 1. The summed E-state index contributed by atoms with van der Waals surface area (Å²) in [5.41, 5.74) is 1.09. The van der Waals surface area contributed by atoms with Crippen LogP contribution in [0.5, 0.6) is 0 Å².